The number of aryl methyl sites for hydroxylation is 1. The average Bonchev–Trinajstić information content (AvgIpc) is 3.03. The number of amides is 1. The minimum Gasteiger partial charge on any atom is -0.444 e. The molecule has 2 heterocycles. The first kappa shape index (κ1) is 34.3. The van der Waals surface area contributed by atoms with Crippen molar-refractivity contribution in [2.45, 2.75) is 72.3 Å². The van der Waals surface area contributed by atoms with Gasteiger partial charge in [-0.2, -0.15) is 4.98 Å². The number of anilines is 3. The normalized spacial score (nSPS) is 14.9. The molecule has 1 aliphatic rings. The predicted octanol–water partition coefficient (Wildman–Crippen LogP) is 7.12. The zero-order valence-electron chi connectivity index (χ0n) is 28.2. The van der Waals surface area contributed by atoms with Crippen LogP contribution in [-0.2, 0) is 27.3 Å². The Morgan fingerprint density at radius 3 is 2.46 bits per heavy atom. The first-order valence-electron chi connectivity index (χ1n) is 16.0. The Bertz CT molecular complexity index is 1740. The van der Waals surface area contributed by atoms with E-state index in [1.165, 1.54) is 12.1 Å². The van der Waals surface area contributed by atoms with Crippen molar-refractivity contribution in [3.63, 3.8) is 0 Å². The average molecular weight is 656 g/mol. The van der Waals surface area contributed by atoms with Gasteiger partial charge in [-0.05, 0) is 101 Å². The van der Waals surface area contributed by atoms with Gasteiger partial charge in [-0.1, -0.05) is 36.4 Å². The minimum atomic E-state index is -1.10. The number of hydrogen-bond donors (Lipinski definition) is 2. The third kappa shape index (κ3) is 8.86. The Morgan fingerprint density at radius 1 is 1.02 bits per heavy atom. The van der Waals surface area contributed by atoms with Gasteiger partial charge in [0.25, 0.3) is 0 Å². The van der Waals surface area contributed by atoms with Gasteiger partial charge in [0.1, 0.15) is 23.0 Å². The smallest absolute Gasteiger partial charge is 0.408 e. The fourth-order valence-electron chi connectivity index (χ4n) is 5.43. The maximum absolute atomic E-state index is 13.5. The van der Waals surface area contributed by atoms with Gasteiger partial charge in [0.2, 0.25) is 5.95 Å². The summed E-state index contributed by atoms with van der Waals surface area (Å²) >= 11 is 0. The first-order valence-corrected chi connectivity index (χ1v) is 16.0. The quantitative estimate of drug-likeness (QED) is 0.136. The molecule has 0 aliphatic carbocycles. The number of nitrogens with zero attached hydrogens (tertiary/aromatic N) is 3. The lowest BCUT2D eigenvalue weighted by Crippen LogP contribution is -2.47. The Labute approximate surface area is 280 Å². The molecule has 1 unspecified atom stereocenters. The van der Waals surface area contributed by atoms with E-state index in [0.717, 1.165) is 46.7 Å². The fraction of sp³-hybridized carbons (Fsp3) is 0.351. The van der Waals surface area contributed by atoms with Crippen molar-refractivity contribution in [1.82, 2.24) is 15.3 Å². The van der Waals surface area contributed by atoms with Gasteiger partial charge >= 0.3 is 12.1 Å². The molecule has 48 heavy (non-hydrogen) atoms. The molecule has 1 aromatic heterocycles. The summed E-state index contributed by atoms with van der Waals surface area (Å²) in [5, 5.41) is 5.79. The standard InChI is InChI=1S/C37H42FN5O5/c1-23-24(2)39-35(40-29-15-13-28(38)14-16-29)42-33(23)43-19-18-27-12-17-30(20-31(27)25(43)3)47-34(44)32(41-36(45)48-37(4,5)6)22-46-21-26-10-8-7-9-11-26/h7-17,20,25,32H,18-19,21-22H2,1-6H3,(H,41,45)(H,39,40,42)/t25?,32-/m0/s1. The molecule has 10 nitrogen and oxygen atoms in total. The number of hydrogen-bond acceptors (Lipinski definition) is 9. The molecule has 0 radical (unpaired) electrons. The monoisotopic (exact) mass is 655 g/mol. The number of alkyl carbamates (subject to hydrolysis) is 1. The molecule has 252 valence electrons. The number of carbonyl (C=O) groups is 2. The predicted molar refractivity (Wildman–Crippen MR) is 182 cm³/mol. The maximum Gasteiger partial charge on any atom is 0.408 e. The molecule has 0 bridgehead atoms. The van der Waals surface area contributed by atoms with E-state index in [9.17, 15) is 14.0 Å². The zero-order chi connectivity index (χ0) is 34.4. The van der Waals surface area contributed by atoms with Crippen LogP contribution in [0, 0.1) is 19.7 Å². The van der Waals surface area contributed by atoms with Crippen LogP contribution in [0.5, 0.6) is 5.75 Å². The summed E-state index contributed by atoms with van der Waals surface area (Å²) in [6.07, 6.45) is 0.0130. The van der Waals surface area contributed by atoms with Crippen molar-refractivity contribution in [1.29, 1.82) is 0 Å². The molecule has 2 N–H and O–H groups in total. The van der Waals surface area contributed by atoms with Crippen LogP contribution in [0.2, 0.25) is 0 Å². The largest absolute Gasteiger partial charge is 0.444 e. The van der Waals surface area contributed by atoms with E-state index < -0.39 is 23.7 Å². The SMILES string of the molecule is Cc1nc(Nc2ccc(F)cc2)nc(N2CCc3ccc(OC(=O)[C@H](COCc4ccccc4)NC(=O)OC(C)(C)C)cc3C2C)c1C. The van der Waals surface area contributed by atoms with E-state index in [1.807, 2.05) is 56.3 Å². The second kappa shape index (κ2) is 14.8. The van der Waals surface area contributed by atoms with Crippen molar-refractivity contribution in [3.8, 4) is 5.75 Å². The van der Waals surface area contributed by atoms with Crippen LogP contribution in [0.1, 0.15) is 61.7 Å². The van der Waals surface area contributed by atoms with Crippen LogP contribution in [-0.4, -0.2) is 46.8 Å². The lowest BCUT2D eigenvalue weighted by molar-refractivity contribution is -0.138. The van der Waals surface area contributed by atoms with Crippen LogP contribution in [0.25, 0.3) is 0 Å². The summed E-state index contributed by atoms with van der Waals surface area (Å²) < 4.78 is 30.5. The number of nitrogens with one attached hydrogen (secondary N) is 2. The molecule has 2 atom stereocenters. The van der Waals surface area contributed by atoms with Crippen LogP contribution in [0.4, 0.5) is 26.6 Å². The van der Waals surface area contributed by atoms with Crippen LogP contribution >= 0.6 is 0 Å². The van der Waals surface area contributed by atoms with Gasteiger partial charge < -0.3 is 29.7 Å². The number of rotatable bonds is 10. The van der Waals surface area contributed by atoms with E-state index in [0.29, 0.717) is 17.4 Å². The highest BCUT2D eigenvalue weighted by molar-refractivity contribution is 5.83. The van der Waals surface area contributed by atoms with E-state index in [1.54, 1.807) is 39.0 Å². The van der Waals surface area contributed by atoms with Crippen molar-refractivity contribution >= 4 is 29.5 Å². The Kier molecular flexibility index (Phi) is 10.6. The van der Waals surface area contributed by atoms with Gasteiger partial charge in [0.15, 0.2) is 6.04 Å². The molecular weight excluding hydrogens is 613 g/mol. The molecule has 1 amide bonds. The van der Waals surface area contributed by atoms with Gasteiger partial charge in [-0.15, -0.1) is 0 Å². The van der Waals surface area contributed by atoms with Gasteiger partial charge in [-0.3, -0.25) is 0 Å². The van der Waals surface area contributed by atoms with E-state index in [4.69, 9.17) is 19.2 Å². The van der Waals surface area contributed by atoms with E-state index in [2.05, 4.69) is 27.4 Å². The van der Waals surface area contributed by atoms with Gasteiger partial charge in [-0.25, -0.2) is 19.0 Å². The highest BCUT2D eigenvalue weighted by Gasteiger charge is 2.30. The third-order valence-electron chi connectivity index (χ3n) is 7.98. The number of carbonyl (C=O) groups excluding carboxylic acids is 2. The number of esters is 1. The Hall–Kier alpha value is -5.03. The summed E-state index contributed by atoms with van der Waals surface area (Å²) in [6.45, 7) is 12.1. The van der Waals surface area contributed by atoms with Crippen molar-refractivity contribution in [2.75, 3.05) is 23.4 Å². The number of halogens is 1. The fourth-order valence-corrected chi connectivity index (χ4v) is 5.43. The first-order chi connectivity index (χ1) is 22.9. The summed E-state index contributed by atoms with van der Waals surface area (Å²) in [4.78, 5) is 37.7. The van der Waals surface area contributed by atoms with E-state index in [-0.39, 0.29) is 25.1 Å². The Morgan fingerprint density at radius 2 is 1.75 bits per heavy atom. The lowest BCUT2D eigenvalue weighted by Gasteiger charge is -2.37. The minimum absolute atomic E-state index is 0.107. The molecule has 0 spiro atoms. The zero-order valence-corrected chi connectivity index (χ0v) is 28.2. The number of fused-ring (bicyclic) bond motifs is 1. The molecule has 0 saturated carbocycles. The second-order valence-corrected chi connectivity index (χ2v) is 12.8. The summed E-state index contributed by atoms with van der Waals surface area (Å²) in [7, 11) is 0. The number of benzene rings is 3. The van der Waals surface area contributed by atoms with Crippen LogP contribution in [0.3, 0.4) is 0 Å². The highest BCUT2D eigenvalue weighted by atomic mass is 19.1. The summed E-state index contributed by atoms with van der Waals surface area (Å²) in [6, 6.07) is 20.0. The van der Waals surface area contributed by atoms with Gasteiger partial charge in [0, 0.05) is 23.5 Å². The number of aromatic nitrogens is 2. The molecule has 4 aromatic rings. The van der Waals surface area contributed by atoms with Crippen LogP contribution < -0.4 is 20.3 Å². The molecule has 5 rings (SSSR count). The van der Waals surface area contributed by atoms with Crippen molar-refractivity contribution in [2.24, 2.45) is 0 Å². The second-order valence-electron chi connectivity index (χ2n) is 12.8. The molecule has 0 fully saturated rings. The van der Waals surface area contributed by atoms with Gasteiger partial charge in [0.05, 0.1) is 19.3 Å². The summed E-state index contributed by atoms with van der Waals surface area (Å²) in [5.74, 6) is 0.552. The van der Waals surface area contributed by atoms with Crippen molar-refractivity contribution in [3.05, 3.63) is 107 Å². The molecule has 11 heteroatoms. The van der Waals surface area contributed by atoms with E-state index >= 15 is 0 Å². The van der Waals surface area contributed by atoms with Crippen LogP contribution in [0.15, 0.2) is 72.8 Å². The molecule has 0 saturated heterocycles. The number of ether oxygens (including phenoxy) is 3. The molecule has 3 aromatic carbocycles. The molecular formula is C37H42FN5O5. The Balaban J connectivity index is 1.32. The molecule has 1 aliphatic heterocycles. The third-order valence-corrected chi connectivity index (χ3v) is 7.98. The highest BCUT2D eigenvalue weighted by Crippen LogP contribution is 2.37. The summed E-state index contributed by atoms with van der Waals surface area (Å²) in [5.41, 5.74) is 4.77. The maximum atomic E-state index is 13.5. The lowest BCUT2D eigenvalue weighted by atomic mass is 9.93. The topological polar surface area (TPSA) is 115 Å². The van der Waals surface area contributed by atoms with Crippen molar-refractivity contribution < 1.29 is 28.2 Å².